The second-order valence-electron chi connectivity index (χ2n) is 9.63. The van der Waals surface area contributed by atoms with Crippen molar-refractivity contribution in [3.8, 4) is 17.3 Å². The number of nitrogens with zero attached hydrogens (tertiary/aromatic N) is 7. The molecule has 6 aromatic rings. The molecule has 2 N–H and O–H groups in total. The zero-order valence-electron chi connectivity index (χ0n) is 22.4. The van der Waals surface area contributed by atoms with E-state index in [1.807, 2.05) is 61.7 Å². The molecule has 2 aromatic carbocycles. The van der Waals surface area contributed by atoms with Gasteiger partial charge in [-0.05, 0) is 61.0 Å². The summed E-state index contributed by atoms with van der Waals surface area (Å²) in [5, 5.41) is 15.4. The van der Waals surface area contributed by atoms with E-state index in [1.54, 1.807) is 23.1 Å². The molecule has 0 saturated carbocycles. The highest BCUT2D eigenvalue weighted by molar-refractivity contribution is 7.90. The van der Waals surface area contributed by atoms with Crippen LogP contribution in [0.1, 0.15) is 11.3 Å². The molecule has 208 valence electrons. The van der Waals surface area contributed by atoms with Gasteiger partial charge in [0, 0.05) is 54.1 Å². The third kappa shape index (κ3) is 6.00. The minimum absolute atomic E-state index is 0.0956. The monoisotopic (exact) mass is 569 g/mol. The van der Waals surface area contributed by atoms with Gasteiger partial charge in [-0.15, -0.1) is 10.2 Å². The van der Waals surface area contributed by atoms with Gasteiger partial charge in [-0.1, -0.05) is 0 Å². The molecule has 12 nitrogen and oxygen atoms in total. The van der Waals surface area contributed by atoms with Crippen molar-refractivity contribution in [1.82, 2.24) is 39.4 Å². The van der Waals surface area contributed by atoms with Gasteiger partial charge in [-0.2, -0.15) is 0 Å². The maximum atomic E-state index is 11.4. The lowest BCUT2D eigenvalue weighted by molar-refractivity contribution is 0.458. The first-order valence-corrected chi connectivity index (χ1v) is 14.9. The van der Waals surface area contributed by atoms with E-state index in [1.165, 1.54) is 12.6 Å². The topological polar surface area (TPSA) is 141 Å². The number of anilines is 2. The second-order valence-corrected chi connectivity index (χ2v) is 11.9. The van der Waals surface area contributed by atoms with E-state index in [9.17, 15) is 8.42 Å². The van der Waals surface area contributed by atoms with E-state index < -0.39 is 9.84 Å². The zero-order valence-corrected chi connectivity index (χ0v) is 23.2. The van der Waals surface area contributed by atoms with Gasteiger partial charge in [-0.25, -0.2) is 23.4 Å². The predicted molar refractivity (Wildman–Crippen MR) is 156 cm³/mol. The van der Waals surface area contributed by atoms with Crippen LogP contribution in [-0.4, -0.2) is 61.1 Å². The zero-order chi connectivity index (χ0) is 28.4. The average Bonchev–Trinajstić information content (AvgIpc) is 3.61. The number of fused-ring (bicyclic) bond motifs is 2. The van der Waals surface area contributed by atoms with E-state index in [2.05, 4.69) is 40.3 Å². The Hall–Kier alpha value is -4.88. The fraction of sp³-hybridized carbons (Fsp3) is 0.179. The van der Waals surface area contributed by atoms with Crippen molar-refractivity contribution in [2.24, 2.45) is 0 Å². The number of rotatable bonds is 10. The van der Waals surface area contributed by atoms with Crippen molar-refractivity contribution in [1.29, 1.82) is 0 Å². The molecule has 4 aromatic heterocycles. The summed E-state index contributed by atoms with van der Waals surface area (Å²) in [6.07, 6.45) is 7.94. The molecule has 0 unspecified atom stereocenters. The van der Waals surface area contributed by atoms with Crippen LogP contribution in [-0.2, 0) is 16.4 Å². The molecule has 0 spiro atoms. The first-order valence-electron chi connectivity index (χ1n) is 12.8. The molecule has 0 saturated heterocycles. The van der Waals surface area contributed by atoms with Crippen molar-refractivity contribution in [3.63, 3.8) is 0 Å². The smallest absolute Gasteiger partial charge is 0.224 e. The van der Waals surface area contributed by atoms with Gasteiger partial charge in [0.2, 0.25) is 5.88 Å². The van der Waals surface area contributed by atoms with Gasteiger partial charge >= 0.3 is 0 Å². The molecule has 13 heteroatoms. The number of hydrogen-bond donors (Lipinski definition) is 2. The summed E-state index contributed by atoms with van der Waals surface area (Å²) in [5.74, 6) is 1.87. The molecule has 41 heavy (non-hydrogen) atoms. The third-order valence-corrected chi connectivity index (χ3v) is 7.45. The molecule has 0 fully saturated rings. The number of hydrogen-bond acceptors (Lipinski definition) is 10. The van der Waals surface area contributed by atoms with Gasteiger partial charge in [0.05, 0.1) is 11.3 Å². The van der Waals surface area contributed by atoms with E-state index in [-0.39, 0.29) is 5.75 Å². The summed E-state index contributed by atoms with van der Waals surface area (Å²) in [5.41, 5.74) is 5.16. The van der Waals surface area contributed by atoms with Gasteiger partial charge < -0.3 is 19.9 Å². The fourth-order valence-corrected chi connectivity index (χ4v) is 4.95. The van der Waals surface area contributed by atoms with Crippen LogP contribution in [0.2, 0.25) is 0 Å². The van der Waals surface area contributed by atoms with Crippen LogP contribution in [0.5, 0.6) is 11.6 Å². The van der Waals surface area contributed by atoms with E-state index in [0.29, 0.717) is 36.2 Å². The van der Waals surface area contributed by atoms with E-state index in [0.717, 1.165) is 33.5 Å². The van der Waals surface area contributed by atoms with Gasteiger partial charge in [0.15, 0.2) is 5.65 Å². The van der Waals surface area contributed by atoms with Gasteiger partial charge in [0.25, 0.3) is 0 Å². The molecule has 0 aliphatic heterocycles. The summed E-state index contributed by atoms with van der Waals surface area (Å²) in [4.78, 5) is 13.3. The van der Waals surface area contributed by atoms with E-state index in [4.69, 9.17) is 4.74 Å². The Morgan fingerprint density at radius 2 is 1.90 bits per heavy atom. The summed E-state index contributed by atoms with van der Waals surface area (Å²) in [6, 6.07) is 17.5. The maximum Gasteiger partial charge on any atom is 0.224 e. The maximum absolute atomic E-state index is 11.4. The molecule has 0 amide bonds. The van der Waals surface area contributed by atoms with Crippen LogP contribution >= 0.6 is 0 Å². The number of benzene rings is 2. The van der Waals surface area contributed by atoms with Crippen LogP contribution in [0.15, 0.2) is 79.8 Å². The highest BCUT2D eigenvalue weighted by Gasteiger charge is 2.11. The average molecular weight is 570 g/mol. The molecular weight excluding hydrogens is 542 g/mol. The Balaban J connectivity index is 1.21. The highest BCUT2D eigenvalue weighted by atomic mass is 32.2. The molecule has 0 atom stereocenters. The van der Waals surface area contributed by atoms with Crippen molar-refractivity contribution >= 4 is 37.9 Å². The lowest BCUT2D eigenvalue weighted by Crippen LogP contribution is -2.23. The Kier molecular flexibility index (Phi) is 7.03. The van der Waals surface area contributed by atoms with Gasteiger partial charge in [0.1, 0.15) is 40.4 Å². The Morgan fingerprint density at radius 3 is 2.76 bits per heavy atom. The fourth-order valence-electron chi connectivity index (χ4n) is 4.44. The molecule has 4 heterocycles. The van der Waals surface area contributed by atoms with Crippen LogP contribution < -0.4 is 15.4 Å². The molecule has 0 aliphatic rings. The second kappa shape index (κ2) is 10.9. The molecule has 0 radical (unpaired) electrons. The summed E-state index contributed by atoms with van der Waals surface area (Å²) < 4.78 is 32.6. The standard InChI is InChI=1S/C28H27N9O3S/c1-19-12-20(5-8-25(19)40-27-14-26-35-33-18-36(26)17-32-27)34-28-23-13-21(6-7-24(23)30-16-31-28)37-10-3-4-22(37)15-29-9-11-41(2,38)39/h3-8,10,12-14,16-18,29H,9,11,15H2,1-2H3,(H,30,31,34). The molecular formula is C28H27N9O3S. The van der Waals surface area contributed by atoms with Crippen LogP contribution in [0.3, 0.4) is 0 Å². The predicted octanol–water partition coefficient (Wildman–Crippen LogP) is 3.84. The summed E-state index contributed by atoms with van der Waals surface area (Å²) >= 11 is 0. The van der Waals surface area contributed by atoms with E-state index >= 15 is 0 Å². The summed E-state index contributed by atoms with van der Waals surface area (Å²) in [7, 11) is -3.01. The first kappa shape index (κ1) is 26.3. The number of aryl methyl sites for hydroxylation is 1. The van der Waals surface area contributed by atoms with Crippen LogP contribution in [0.4, 0.5) is 11.5 Å². The van der Waals surface area contributed by atoms with Crippen LogP contribution in [0.25, 0.3) is 22.2 Å². The number of nitrogens with one attached hydrogen (secondary N) is 2. The Labute approximate surface area is 236 Å². The van der Waals surface area contributed by atoms with Gasteiger partial charge in [-0.3, -0.25) is 4.40 Å². The number of sulfone groups is 1. The first-order chi connectivity index (χ1) is 19.8. The van der Waals surface area contributed by atoms with Crippen molar-refractivity contribution in [3.05, 3.63) is 91.0 Å². The molecule has 0 bridgehead atoms. The van der Waals surface area contributed by atoms with Crippen LogP contribution in [0, 0.1) is 6.92 Å². The molecule has 0 aliphatic carbocycles. The largest absolute Gasteiger partial charge is 0.439 e. The normalized spacial score (nSPS) is 11.8. The number of ether oxygens (including phenoxy) is 1. The highest BCUT2D eigenvalue weighted by Crippen LogP contribution is 2.30. The minimum Gasteiger partial charge on any atom is -0.439 e. The number of aromatic nitrogens is 7. The Bertz CT molecular complexity index is 1970. The lowest BCUT2D eigenvalue weighted by atomic mass is 10.1. The SMILES string of the molecule is Cc1cc(Nc2ncnc3ccc(-n4cccc4CNCCS(C)(=O)=O)cc23)ccc1Oc1cc2nncn2cn1. The third-order valence-electron chi connectivity index (χ3n) is 6.50. The summed E-state index contributed by atoms with van der Waals surface area (Å²) in [6.45, 7) is 2.89. The Morgan fingerprint density at radius 1 is 1.00 bits per heavy atom. The van der Waals surface area contributed by atoms with Crippen molar-refractivity contribution in [2.45, 2.75) is 13.5 Å². The minimum atomic E-state index is -3.01. The van der Waals surface area contributed by atoms with Crippen molar-refractivity contribution in [2.75, 3.05) is 23.9 Å². The lowest BCUT2D eigenvalue weighted by Gasteiger charge is -2.14. The quantitative estimate of drug-likeness (QED) is 0.234. The van der Waals surface area contributed by atoms with Crippen molar-refractivity contribution < 1.29 is 13.2 Å². The molecule has 6 rings (SSSR count).